The van der Waals surface area contributed by atoms with Crippen molar-refractivity contribution < 1.29 is 8.82 Å². The van der Waals surface area contributed by atoms with Crippen molar-refractivity contribution in [2.45, 2.75) is 77.2 Å². The van der Waals surface area contributed by atoms with Crippen molar-refractivity contribution in [3.05, 3.63) is 34.1 Å². The molecule has 0 bridgehead atoms. The Balaban J connectivity index is 2.24. The summed E-state index contributed by atoms with van der Waals surface area (Å²) in [6.07, 6.45) is 1.80. The lowest BCUT2D eigenvalue weighted by Gasteiger charge is -2.44. The molecule has 0 radical (unpaired) electrons. The molecule has 24 heavy (non-hydrogen) atoms. The maximum atomic E-state index is 13.6. The highest BCUT2D eigenvalue weighted by Gasteiger charge is 2.45. The Morgan fingerprint density at radius 1 is 1.21 bits per heavy atom. The van der Waals surface area contributed by atoms with Gasteiger partial charge in [0.15, 0.2) is 8.32 Å². The number of hydrogen-bond donors (Lipinski definition) is 0. The average Bonchev–Trinajstić information content (AvgIpc) is 2.89. The molecule has 2 rings (SSSR count). The van der Waals surface area contributed by atoms with Gasteiger partial charge in [-0.3, -0.25) is 4.99 Å². The summed E-state index contributed by atoms with van der Waals surface area (Å²) < 4.78 is 21.1. The van der Waals surface area contributed by atoms with Crippen molar-refractivity contribution >= 4 is 30.0 Å². The Labute approximate surface area is 155 Å². The molecule has 0 saturated heterocycles. The van der Waals surface area contributed by atoms with Gasteiger partial charge < -0.3 is 4.43 Å². The molecule has 1 heterocycles. The molecule has 0 unspecified atom stereocenters. The Morgan fingerprint density at radius 2 is 1.83 bits per heavy atom. The molecule has 0 amide bonds. The second-order valence-corrected chi connectivity index (χ2v) is 14.3. The molecule has 2 nitrogen and oxygen atoms in total. The van der Waals surface area contributed by atoms with Gasteiger partial charge in [0.2, 0.25) is 0 Å². The summed E-state index contributed by atoms with van der Waals surface area (Å²) in [4.78, 5) is 4.92. The maximum absolute atomic E-state index is 13.6. The summed E-state index contributed by atoms with van der Waals surface area (Å²) in [5.41, 5.74) is 1.52. The van der Waals surface area contributed by atoms with Gasteiger partial charge in [-0.1, -0.05) is 36.7 Å². The zero-order valence-corrected chi connectivity index (χ0v) is 18.4. The molecule has 0 fully saturated rings. The van der Waals surface area contributed by atoms with Crippen LogP contribution in [0.15, 0.2) is 27.7 Å². The summed E-state index contributed by atoms with van der Waals surface area (Å²) in [6.45, 7) is 15.6. The molecule has 0 aromatic heterocycles. The van der Waals surface area contributed by atoms with E-state index in [1.807, 2.05) is 0 Å². The Kier molecular flexibility index (Phi) is 5.49. The van der Waals surface area contributed by atoms with Gasteiger partial charge in [-0.25, -0.2) is 4.39 Å². The molecule has 0 N–H and O–H groups in total. The van der Waals surface area contributed by atoms with Gasteiger partial charge in [0.05, 0.1) is 11.6 Å². The third kappa shape index (κ3) is 4.17. The molecule has 5 heteroatoms. The second-order valence-electron chi connectivity index (χ2n) is 8.72. The Morgan fingerprint density at radius 3 is 2.42 bits per heavy atom. The maximum Gasteiger partial charge on any atom is 0.192 e. The first kappa shape index (κ1) is 19.8. The molecule has 1 atom stereocenters. The molecule has 134 valence electrons. The first-order valence-electron chi connectivity index (χ1n) is 8.56. The van der Waals surface area contributed by atoms with E-state index in [0.29, 0.717) is 0 Å². The second kappa shape index (κ2) is 6.65. The highest BCUT2D eigenvalue weighted by Crippen LogP contribution is 2.41. The number of benzene rings is 1. The van der Waals surface area contributed by atoms with Crippen LogP contribution < -0.4 is 0 Å². The van der Waals surface area contributed by atoms with E-state index in [1.165, 1.54) is 6.07 Å². The lowest BCUT2D eigenvalue weighted by molar-refractivity contribution is 0.0651. The van der Waals surface area contributed by atoms with Crippen molar-refractivity contribution in [2.75, 3.05) is 0 Å². The quantitative estimate of drug-likeness (QED) is 0.527. The number of halogens is 2. The van der Waals surface area contributed by atoms with Gasteiger partial charge in [-0.15, -0.1) is 0 Å². The summed E-state index contributed by atoms with van der Waals surface area (Å²) in [6, 6.07) is 4.88. The van der Waals surface area contributed by atoms with Crippen LogP contribution in [0.5, 0.6) is 0 Å². The topological polar surface area (TPSA) is 21.6 Å². The van der Waals surface area contributed by atoms with E-state index in [9.17, 15) is 4.39 Å². The van der Waals surface area contributed by atoms with Crippen LogP contribution in [0.4, 0.5) is 4.39 Å². The van der Waals surface area contributed by atoms with Gasteiger partial charge in [0.1, 0.15) is 5.82 Å². The minimum absolute atomic E-state index is 0.108. The van der Waals surface area contributed by atoms with E-state index in [0.717, 1.165) is 28.6 Å². The van der Waals surface area contributed by atoms with E-state index >= 15 is 0 Å². The van der Waals surface area contributed by atoms with Crippen molar-refractivity contribution in [1.29, 1.82) is 0 Å². The largest absolute Gasteiger partial charge is 0.410 e. The van der Waals surface area contributed by atoms with E-state index in [1.54, 1.807) is 12.1 Å². The van der Waals surface area contributed by atoms with Gasteiger partial charge in [-0.2, -0.15) is 0 Å². The third-order valence-electron chi connectivity index (χ3n) is 5.33. The minimum Gasteiger partial charge on any atom is -0.410 e. The SMILES string of the molecule is CC(C)(O[Si](C)(C)C(C)(C)C)[C@H]1CCC(c2cc(F)ccc2Br)=N1. The van der Waals surface area contributed by atoms with Crippen LogP contribution in [0.2, 0.25) is 18.1 Å². The van der Waals surface area contributed by atoms with E-state index in [4.69, 9.17) is 9.42 Å². The molecular formula is C19H29BrFNOSi. The lowest BCUT2D eigenvalue weighted by Crippen LogP contribution is -2.51. The molecule has 1 aliphatic heterocycles. The first-order chi connectivity index (χ1) is 10.8. The summed E-state index contributed by atoms with van der Waals surface area (Å²) >= 11 is 3.51. The normalized spacial score (nSPS) is 19.5. The van der Waals surface area contributed by atoms with Crippen molar-refractivity contribution in [1.82, 2.24) is 0 Å². The van der Waals surface area contributed by atoms with Gasteiger partial charge in [-0.05, 0) is 63.0 Å². The monoisotopic (exact) mass is 413 g/mol. The van der Waals surface area contributed by atoms with Crippen molar-refractivity contribution in [3.8, 4) is 0 Å². The minimum atomic E-state index is -1.87. The molecule has 0 spiro atoms. The van der Waals surface area contributed by atoms with Gasteiger partial charge in [0, 0.05) is 15.7 Å². The Hall–Kier alpha value is -0.523. The number of rotatable bonds is 4. The van der Waals surface area contributed by atoms with Crippen LogP contribution in [0.3, 0.4) is 0 Å². The summed E-state index contributed by atoms with van der Waals surface area (Å²) in [5.74, 6) is -0.226. The fraction of sp³-hybridized carbons (Fsp3) is 0.632. The first-order valence-corrected chi connectivity index (χ1v) is 12.3. The average molecular weight is 414 g/mol. The molecule has 0 aliphatic carbocycles. The fourth-order valence-corrected chi connectivity index (χ4v) is 5.13. The van der Waals surface area contributed by atoms with Crippen molar-refractivity contribution in [2.24, 2.45) is 4.99 Å². The van der Waals surface area contributed by atoms with Gasteiger partial charge >= 0.3 is 0 Å². The highest BCUT2D eigenvalue weighted by atomic mass is 79.9. The number of nitrogens with zero attached hydrogens (tertiary/aromatic N) is 1. The zero-order valence-electron chi connectivity index (χ0n) is 15.8. The van der Waals surface area contributed by atoms with Crippen LogP contribution >= 0.6 is 15.9 Å². The van der Waals surface area contributed by atoms with Crippen LogP contribution in [0, 0.1) is 5.82 Å². The zero-order chi connectivity index (χ0) is 18.3. The molecule has 0 saturated carbocycles. The van der Waals surface area contributed by atoms with E-state index in [2.05, 4.69) is 63.6 Å². The lowest BCUT2D eigenvalue weighted by atomic mass is 9.97. The van der Waals surface area contributed by atoms with Crippen LogP contribution in [-0.4, -0.2) is 25.7 Å². The molecule has 1 aromatic rings. The standard InChI is InChI=1S/C19H29BrFNOSi/c1-18(2,3)24(6,7)23-19(4,5)17-11-10-16(22-17)14-12-13(21)8-9-15(14)20/h8-9,12,17H,10-11H2,1-7H3/t17-/m1/s1. The predicted octanol–water partition coefficient (Wildman–Crippen LogP) is 6.34. The van der Waals surface area contributed by atoms with Crippen LogP contribution in [0.1, 0.15) is 53.0 Å². The van der Waals surface area contributed by atoms with E-state index < -0.39 is 8.32 Å². The smallest absolute Gasteiger partial charge is 0.192 e. The third-order valence-corrected chi connectivity index (χ3v) is 10.7. The van der Waals surface area contributed by atoms with Crippen LogP contribution in [0.25, 0.3) is 0 Å². The number of aliphatic imine (C=N–C) groups is 1. The summed E-state index contributed by atoms with van der Waals surface area (Å²) in [5, 5.41) is 0.168. The predicted molar refractivity (Wildman–Crippen MR) is 106 cm³/mol. The number of hydrogen-bond acceptors (Lipinski definition) is 2. The fourth-order valence-electron chi connectivity index (χ4n) is 2.90. The molecule has 1 aromatic carbocycles. The van der Waals surface area contributed by atoms with E-state index in [-0.39, 0.29) is 22.5 Å². The molecular weight excluding hydrogens is 385 g/mol. The molecule has 1 aliphatic rings. The highest BCUT2D eigenvalue weighted by molar-refractivity contribution is 9.10. The van der Waals surface area contributed by atoms with Crippen molar-refractivity contribution in [3.63, 3.8) is 0 Å². The van der Waals surface area contributed by atoms with Crippen LogP contribution in [-0.2, 0) is 4.43 Å². The van der Waals surface area contributed by atoms with Gasteiger partial charge in [0.25, 0.3) is 0 Å². The Bertz CT molecular complexity index is 649. The summed E-state index contributed by atoms with van der Waals surface area (Å²) in [7, 11) is -1.87.